The summed E-state index contributed by atoms with van der Waals surface area (Å²) in [4.78, 5) is 2.64. The number of nitrogens with zero attached hydrogens (tertiary/aromatic N) is 1. The molecule has 0 atom stereocenters. The molecule has 2 aliphatic rings. The van der Waals surface area contributed by atoms with Crippen LogP contribution in [0.2, 0.25) is 0 Å². The average Bonchev–Trinajstić information content (AvgIpc) is 2.15. The summed E-state index contributed by atoms with van der Waals surface area (Å²) in [5.74, 6) is 1.84. The van der Waals surface area contributed by atoms with Gasteiger partial charge in [0.25, 0.3) is 0 Å². The lowest BCUT2D eigenvalue weighted by Gasteiger charge is -2.35. The van der Waals surface area contributed by atoms with Crippen LogP contribution in [0.25, 0.3) is 0 Å². The summed E-state index contributed by atoms with van der Waals surface area (Å²) in [6.45, 7) is 13.1. The lowest BCUT2D eigenvalue weighted by Crippen LogP contribution is -2.39. The van der Waals surface area contributed by atoms with Crippen LogP contribution in [0.4, 0.5) is 0 Å². The number of rotatable bonds is 3. The third-order valence-electron chi connectivity index (χ3n) is 4.32. The van der Waals surface area contributed by atoms with E-state index in [1.54, 1.807) is 11.1 Å². The van der Waals surface area contributed by atoms with E-state index < -0.39 is 0 Å². The zero-order valence-electron chi connectivity index (χ0n) is 11.1. The summed E-state index contributed by atoms with van der Waals surface area (Å²) in [6, 6.07) is 0. The van der Waals surface area contributed by atoms with Crippen LogP contribution in [-0.4, -0.2) is 37.6 Å². The fourth-order valence-corrected chi connectivity index (χ4v) is 2.78. The maximum Gasteiger partial charge on any atom is 0.0193 e. The first-order chi connectivity index (χ1) is 7.66. The van der Waals surface area contributed by atoms with Crippen LogP contribution in [0.15, 0.2) is 11.1 Å². The van der Waals surface area contributed by atoms with Crippen molar-refractivity contribution in [3.63, 3.8) is 0 Å². The molecule has 2 rings (SSSR count). The third-order valence-corrected chi connectivity index (χ3v) is 4.32. The minimum absolute atomic E-state index is 0.873. The number of hydrogen-bond donors (Lipinski definition) is 1. The minimum Gasteiger partial charge on any atom is -0.309 e. The molecule has 2 heteroatoms. The highest BCUT2D eigenvalue weighted by atomic mass is 15.1. The van der Waals surface area contributed by atoms with Gasteiger partial charge in [-0.15, -0.1) is 0 Å². The van der Waals surface area contributed by atoms with Gasteiger partial charge in [0.1, 0.15) is 0 Å². The van der Waals surface area contributed by atoms with Crippen molar-refractivity contribution in [1.29, 1.82) is 0 Å². The van der Waals surface area contributed by atoms with Gasteiger partial charge < -0.3 is 5.32 Å². The van der Waals surface area contributed by atoms with Crippen molar-refractivity contribution < 1.29 is 0 Å². The van der Waals surface area contributed by atoms with Crippen molar-refractivity contribution in [2.45, 2.75) is 33.6 Å². The second kappa shape index (κ2) is 5.33. The molecule has 2 nitrogen and oxygen atoms in total. The van der Waals surface area contributed by atoms with Gasteiger partial charge in [0.15, 0.2) is 0 Å². The first-order valence-corrected chi connectivity index (χ1v) is 6.77. The second-order valence-corrected chi connectivity index (χ2v) is 5.85. The fraction of sp³-hybridized carbons (Fsp3) is 0.857. The van der Waals surface area contributed by atoms with Crippen molar-refractivity contribution in [3.05, 3.63) is 11.1 Å². The first-order valence-electron chi connectivity index (χ1n) is 6.77. The Hall–Kier alpha value is -0.340. The molecule has 0 aromatic heterocycles. The highest BCUT2D eigenvalue weighted by molar-refractivity contribution is 5.22. The van der Waals surface area contributed by atoms with Crippen LogP contribution in [0.5, 0.6) is 0 Å². The van der Waals surface area contributed by atoms with Gasteiger partial charge in [-0.05, 0) is 50.3 Å². The lowest BCUT2D eigenvalue weighted by atomic mass is 9.86. The molecule has 16 heavy (non-hydrogen) atoms. The van der Waals surface area contributed by atoms with E-state index in [0.29, 0.717) is 0 Å². The Morgan fingerprint density at radius 2 is 1.94 bits per heavy atom. The summed E-state index contributed by atoms with van der Waals surface area (Å²) < 4.78 is 0. The summed E-state index contributed by atoms with van der Waals surface area (Å²) in [7, 11) is 0. The van der Waals surface area contributed by atoms with Gasteiger partial charge in [-0.3, -0.25) is 4.90 Å². The van der Waals surface area contributed by atoms with Crippen LogP contribution in [0.3, 0.4) is 0 Å². The molecule has 2 aliphatic heterocycles. The zero-order chi connectivity index (χ0) is 11.5. The Morgan fingerprint density at radius 3 is 2.38 bits per heavy atom. The van der Waals surface area contributed by atoms with E-state index in [4.69, 9.17) is 0 Å². The highest BCUT2D eigenvalue weighted by Gasteiger charge is 2.22. The lowest BCUT2D eigenvalue weighted by molar-refractivity contribution is 0.167. The monoisotopic (exact) mass is 222 g/mol. The molecule has 0 saturated carbocycles. The van der Waals surface area contributed by atoms with E-state index in [0.717, 1.165) is 24.9 Å². The Bertz CT molecular complexity index is 254. The van der Waals surface area contributed by atoms with E-state index in [2.05, 4.69) is 31.0 Å². The highest BCUT2D eigenvalue weighted by Crippen LogP contribution is 2.25. The summed E-state index contributed by atoms with van der Waals surface area (Å²) in [6.07, 6.45) is 2.80. The minimum atomic E-state index is 0.873. The van der Waals surface area contributed by atoms with Crippen LogP contribution in [-0.2, 0) is 0 Å². The molecule has 0 aliphatic carbocycles. The number of piperidine rings is 1. The van der Waals surface area contributed by atoms with Crippen molar-refractivity contribution in [1.82, 2.24) is 10.2 Å². The predicted octanol–water partition coefficient (Wildman–Crippen LogP) is 2.27. The molecule has 2 saturated heterocycles. The van der Waals surface area contributed by atoms with E-state index in [9.17, 15) is 0 Å². The maximum absolute atomic E-state index is 3.32. The van der Waals surface area contributed by atoms with E-state index >= 15 is 0 Å². The maximum atomic E-state index is 3.32. The Labute approximate surface area is 100 Å². The smallest absolute Gasteiger partial charge is 0.0193 e. The molecule has 1 N–H and O–H groups in total. The number of nitrogens with one attached hydrogen (secondary N) is 1. The summed E-state index contributed by atoms with van der Waals surface area (Å²) in [5.41, 5.74) is 3.26. The van der Waals surface area contributed by atoms with Crippen molar-refractivity contribution in [2.24, 2.45) is 11.8 Å². The fourth-order valence-electron chi connectivity index (χ4n) is 2.78. The molecule has 0 unspecified atom stereocenters. The molecule has 0 spiro atoms. The van der Waals surface area contributed by atoms with E-state index in [1.165, 1.54) is 32.5 Å². The molecule has 92 valence electrons. The van der Waals surface area contributed by atoms with Crippen molar-refractivity contribution in [2.75, 3.05) is 32.7 Å². The molecule has 2 fully saturated rings. The largest absolute Gasteiger partial charge is 0.309 e. The van der Waals surface area contributed by atoms with Gasteiger partial charge in [0.05, 0.1) is 0 Å². The van der Waals surface area contributed by atoms with Gasteiger partial charge in [-0.2, -0.15) is 0 Å². The van der Waals surface area contributed by atoms with Gasteiger partial charge >= 0.3 is 0 Å². The molecule has 0 aromatic carbocycles. The van der Waals surface area contributed by atoms with Crippen LogP contribution < -0.4 is 5.32 Å². The number of likely N-dealkylation sites (tertiary alicyclic amines) is 1. The van der Waals surface area contributed by atoms with Crippen molar-refractivity contribution in [3.8, 4) is 0 Å². The van der Waals surface area contributed by atoms with Gasteiger partial charge in [0.2, 0.25) is 0 Å². The normalized spacial score (nSPS) is 23.6. The second-order valence-electron chi connectivity index (χ2n) is 5.85. The topological polar surface area (TPSA) is 15.3 Å². The van der Waals surface area contributed by atoms with Crippen molar-refractivity contribution >= 4 is 0 Å². The quantitative estimate of drug-likeness (QED) is 0.737. The Morgan fingerprint density at radius 1 is 1.31 bits per heavy atom. The molecule has 0 radical (unpaired) electrons. The summed E-state index contributed by atoms with van der Waals surface area (Å²) in [5, 5.41) is 3.32. The standard InChI is InChI=1S/C14H26N2/c1-11(2)13-4-6-16(7-5-13)10-12(3)14-8-15-9-14/h11,13,15H,4-10H2,1-3H3. The molecule has 0 amide bonds. The van der Waals surface area contributed by atoms with Gasteiger partial charge in [-0.1, -0.05) is 19.4 Å². The van der Waals surface area contributed by atoms with Crippen LogP contribution >= 0.6 is 0 Å². The Kier molecular flexibility index (Phi) is 4.04. The summed E-state index contributed by atoms with van der Waals surface area (Å²) >= 11 is 0. The third kappa shape index (κ3) is 2.86. The molecular formula is C14H26N2. The van der Waals surface area contributed by atoms with E-state index in [1.807, 2.05) is 0 Å². The molecule has 0 aromatic rings. The molecular weight excluding hydrogens is 196 g/mol. The first kappa shape index (κ1) is 12.1. The van der Waals surface area contributed by atoms with Gasteiger partial charge in [0, 0.05) is 19.6 Å². The average molecular weight is 222 g/mol. The number of hydrogen-bond acceptors (Lipinski definition) is 2. The van der Waals surface area contributed by atoms with Gasteiger partial charge in [-0.25, -0.2) is 0 Å². The molecule has 0 bridgehead atoms. The SMILES string of the molecule is CC(CN1CCC(C(C)C)CC1)=C1CNC1. The van der Waals surface area contributed by atoms with Crippen LogP contribution in [0.1, 0.15) is 33.6 Å². The predicted molar refractivity (Wildman–Crippen MR) is 69.6 cm³/mol. The van der Waals surface area contributed by atoms with E-state index in [-0.39, 0.29) is 0 Å². The molecule has 2 heterocycles. The zero-order valence-corrected chi connectivity index (χ0v) is 11.1. The Balaban J connectivity index is 1.77. The van der Waals surface area contributed by atoms with Crippen LogP contribution in [0, 0.1) is 11.8 Å².